The predicted octanol–water partition coefficient (Wildman–Crippen LogP) is 2.65. The van der Waals surface area contributed by atoms with Gasteiger partial charge in [0, 0.05) is 0 Å². The van der Waals surface area contributed by atoms with Crippen LogP contribution in [0.4, 0.5) is 0 Å². The fourth-order valence-electron chi connectivity index (χ4n) is 1.23. The molecule has 11 heavy (non-hydrogen) atoms. The summed E-state index contributed by atoms with van der Waals surface area (Å²) in [5.74, 6) is 2.37. The minimum absolute atomic E-state index is 0.743. The molecule has 0 aromatic heterocycles. The number of nitrogens with two attached hydrogens (primary N) is 1. The summed E-state index contributed by atoms with van der Waals surface area (Å²) < 4.78 is 0. The summed E-state index contributed by atoms with van der Waals surface area (Å²) in [4.78, 5) is 0. The third-order valence-electron chi connectivity index (χ3n) is 2.75. The fourth-order valence-corrected chi connectivity index (χ4v) is 1.23. The number of hydrogen-bond acceptors (Lipinski definition) is 1. The van der Waals surface area contributed by atoms with E-state index in [1.54, 1.807) is 0 Å². The molecule has 2 N–H and O–H groups in total. The highest BCUT2D eigenvalue weighted by atomic mass is 14.5. The van der Waals surface area contributed by atoms with E-state index >= 15 is 0 Å². The lowest BCUT2D eigenvalue weighted by Gasteiger charge is -2.20. The summed E-state index contributed by atoms with van der Waals surface area (Å²) in [6.07, 6.45) is 2.53. The van der Waals surface area contributed by atoms with Crippen LogP contribution in [0.1, 0.15) is 40.5 Å². The van der Waals surface area contributed by atoms with Gasteiger partial charge >= 0.3 is 0 Å². The van der Waals surface area contributed by atoms with E-state index in [0.717, 1.165) is 24.3 Å². The molecule has 1 nitrogen and oxygen atoms in total. The monoisotopic (exact) mass is 157 g/mol. The second-order valence-corrected chi connectivity index (χ2v) is 3.97. The van der Waals surface area contributed by atoms with Crippen molar-refractivity contribution in [2.24, 2.45) is 23.5 Å². The molecule has 0 aliphatic carbocycles. The smallest absolute Gasteiger partial charge is 0.00489 e. The molecule has 0 aliphatic heterocycles. The zero-order valence-electron chi connectivity index (χ0n) is 8.43. The maximum Gasteiger partial charge on any atom is -0.00489 e. The first-order valence-corrected chi connectivity index (χ1v) is 4.81. The summed E-state index contributed by atoms with van der Waals surface area (Å²) in [7, 11) is 0. The molecule has 0 saturated heterocycles. The maximum absolute atomic E-state index is 5.63. The molecule has 0 saturated carbocycles. The third kappa shape index (κ3) is 4.41. The zero-order chi connectivity index (χ0) is 8.85. The van der Waals surface area contributed by atoms with Crippen molar-refractivity contribution in [2.45, 2.75) is 40.5 Å². The summed E-state index contributed by atoms with van der Waals surface area (Å²) in [5, 5.41) is 0. The zero-order valence-corrected chi connectivity index (χ0v) is 8.43. The second kappa shape index (κ2) is 5.59. The molecule has 0 aliphatic rings. The average Bonchev–Trinajstić information content (AvgIpc) is 1.99. The minimum Gasteiger partial charge on any atom is -0.330 e. The Morgan fingerprint density at radius 1 is 1.18 bits per heavy atom. The lowest BCUT2D eigenvalue weighted by atomic mass is 9.87. The fraction of sp³-hybridized carbons (Fsp3) is 1.00. The van der Waals surface area contributed by atoms with Gasteiger partial charge in [0.1, 0.15) is 0 Å². The van der Waals surface area contributed by atoms with Gasteiger partial charge in [-0.3, -0.25) is 0 Å². The number of hydrogen-bond donors (Lipinski definition) is 1. The van der Waals surface area contributed by atoms with Gasteiger partial charge in [0.05, 0.1) is 0 Å². The molecule has 2 atom stereocenters. The summed E-state index contributed by atoms with van der Waals surface area (Å²) in [6, 6.07) is 0. The molecule has 0 rings (SSSR count). The Labute approximate surface area is 71.4 Å². The van der Waals surface area contributed by atoms with Crippen molar-refractivity contribution in [1.29, 1.82) is 0 Å². The molecule has 0 fully saturated rings. The van der Waals surface area contributed by atoms with E-state index in [2.05, 4.69) is 27.7 Å². The Balaban J connectivity index is 3.62. The van der Waals surface area contributed by atoms with Gasteiger partial charge in [-0.05, 0) is 30.7 Å². The van der Waals surface area contributed by atoms with Crippen molar-refractivity contribution < 1.29 is 0 Å². The third-order valence-corrected chi connectivity index (χ3v) is 2.75. The van der Waals surface area contributed by atoms with Crippen molar-refractivity contribution in [3.8, 4) is 0 Å². The topological polar surface area (TPSA) is 26.0 Å². The highest BCUT2D eigenvalue weighted by Crippen LogP contribution is 2.20. The van der Waals surface area contributed by atoms with Gasteiger partial charge in [0.25, 0.3) is 0 Å². The van der Waals surface area contributed by atoms with Gasteiger partial charge in [-0.2, -0.15) is 0 Å². The standard InChI is InChI=1S/C10H23N/c1-5-10(7-11)6-9(4)8(2)3/h8-10H,5-7,11H2,1-4H3. The van der Waals surface area contributed by atoms with Crippen LogP contribution in [0.3, 0.4) is 0 Å². The van der Waals surface area contributed by atoms with E-state index in [4.69, 9.17) is 5.73 Å². The van der Waals surface area contributed by atoms with E-state index in [0.29, 0.717) is 0 Å². The molecular weight excluding hydrogens is 134 g/mol. The minimum atomic E-state index is 0.743. The molecule has 2 unspecified atom stereocenters. The summed E-state index contributed by atoms with van der Waals surface area (Å²) in [5.41, 5.74) is 5.63. The van der Waals surface area contributed by atoms with Crippen LogP contribution in [0, 0.1) is 17.8 Å². The first-order chi connectivity index (χ1) is 5.11. The van der Waals surface area contributed by atoms with Crippen molar-refractivity contribution in [1.82, 2.24) is 0 Å². The largest absolute Gasteiger partial charge is 0.330 e. The average molecular weight is 157 g/mol. The molecule has 1 heteroatoms. The van der Waals surface area contributed by atoms with Crippen molar-refractivity contribution in [3.05, 3.63) is 0 Å². The number of rotatable bonds is 5. The molecule has 0 aromatic carbocycles. The van der Waals surface area contributed by atoms with E-state index < -0.39 is 0 Å². The Bertz CT molecular complexity index is 84.9. The van der Waals surface area contributed by atoms with E-state index in [1.807, 2.05) is 0 Å². The van der Waals surface area contributed by atoms with E-state index in [9.17, 15) is 0 Å². The Morgan fingerprint density at radius 3 is 2.00 bits per heavy atom. The first-order valence-electron chi connectivity index (χ1n) is 4.81. The van der Waals surface area contributed by atoms with Gasteiger partial charge in [-0.1, -0.05) is 34.1 Å². The first kappa shape index (κ1) is 11.0. The van der Waals surface area contributed by atoms with Gasteiger partial charge < -0.3 is 5.73 Å². The second-order valence-electron chi connectivity index (χ2n) is 3.97. The van der Waals surface area contributed by atoms with Crippen molar-refractivity contribution >= 4 is 0 Å². The summed E-state index contributed by atoms with van der Waals surface area (Å²) in [6.45, 7) is 9.98. The predicted molar refractivity (Wildman–Crippen MR) is 51.5 cm³/mol. The lowest BCUT2D eigenvalue weighted by Crippen LogP contribution is -2.18. The van der Waals surface area contributed by atoms with Gasteiger partial charge in [-0.25, -0.2) is 0 Å². The van der Waals surface area contributed by atoms with Crippen LogP contribution in [-0.2, 0) is 0 Å². The van der Waals surface area contributed by atoms with Crippen LogP contribution in [0.5, 0.6) is 0 Å². The molecule has 0 bridgehead atoms. The Hall–Kier alpha value is -0.0400. The van der Waals surface area contributed by atoms with E-state index in [-0.39, 0.29) is 0 Å². The van der Waals surface area contributed by atoms with Crippen LogP contribution < -0.4 is 5.73 Å². The van der Waals surface area contributed by atoms with Gasteiger partial charge in [0.15, 0.2) is 0 Å². The Kier molecular flexibility index (Phi) is 5.57. The molecule has 0 aromatic rings. The van der Waals surface area contributed by atoms with E-state index in [1.165, 1.54) is 12.8 Å². The molecular formula is C10H23N. The molecule has 0 heterocycles. The van der Waals surface area contributed by atoms with Gasteiger partial charge in [-0.15, -0.1) is 0 Å². The molecule has 0 radical (unpaired) electrons. The molecule has 68 valence electrons. The molecule has 0 amide bonds. The summed E-state index contributed by atoms with van der Waals surface area (Å²) >= 11 is 0. The highest BCUT2D eigenvalue weighted by Gasteiger charge is 2.12. The van der Waals surface area contributed by atoms with Crippen LogP contribution in [0.25, 0.3) is 0 Å². The van der Waals surface area contributed by atoms with Crippen LogP contribution in [0.2, 0.25) is 0 Å². The van der Waals surface area contributed by atoms with Gasteiger partial charge in [0.2, 0.25) is 0 Å². The van der Waals surface area contributed by atoms with Crippen LogP contribution in [-0.4, -0.2) is 6.54 Å². The van der Waals surface area contributed by atoms with Crippen LogP contribution >= 0.6 is 0 Å². The Morgan fingerprint density at radius 2 is 1.73 bits per heavy atom. The highest BCUT2D eigenvalue weighted by molar-refractivity contribution is 4.64. The maximum atomic E-state index is 5.63. The normalized spacial score (nSPS) is 16.9. The van der Waals surface area contributed by atoms with Crippen molar-refractivity contribution in [3.63, 3.8) is 0 Å². The lowest BCUT2D eigenvalue weighted by molar-refractivity contribution is 0.317. The molecule has 0 spiro atoms. The SMILES string of the molecule is CCC(CN)CC(C)C(C)C. The quantitative estimate of drug-likeness (QED) is 0.652. The van der Waals surface area contributed by atoms with Crippen LogP contribution in [0.15, 0.2) is 0 Å². The van der Waals surface area contributed by atoms with Crippen molar-refractivity contribution in [2.75, 3.05) is 6.54 Å².